The molecular weight excluding hydrogens is 478 g/mol. The summed E-state index contributed by atoms with van der Waals surface area (Å²) in [7, 11) is 2.91. The van der Waals surface area contributed by atoms with Gasteiger partial charge in [0.05, 0.1) is 19.2 Å². The second-order valence-corrected chi connectivity index (χ2v) is 9.41. The average molecular weight is 508 g/mol. The number of amides is 1. The van der Waals surface area contributed by atoms with E-state index < -0.39 is 36.0 Å². The van der Waals surface area contributed by atoms with E-state index in [-0.39, 0.29) is 17.2 Å². The van der Waals surface area contributed by atoms with Gasteiger partial charge in [-0.15, -0.1) is 0 Å². The Bertz CT molecular complexity index is 1260. The molecule has 0 spiro atoms. The van der Waals surface area contributed by atoms with Gasteiger partial charge in [0.25, 0.3) is 0 Å². The first kappa shape index (κ1) is 27.2. The zero-order valence-corrected chi connectivity index (χ0v) is 20.7. The number of carbonyl (C=O) groups excluding carboxylic acids is 1. The van der Waals surface area contributed by atoms with Crippen molar-refractivity contribution in [3.63, 3.8) is 0 Å². The summed E-state index contributed by atoms with van der Waals surface area (Å²) in [4.78, 5) is 17.4. The number of benzene rings is 2. The lowest BCUT2D eigenvalue weighted by Crippen LogP contribution is -2.53. The van der Waals surface area contributed by atoms with Crippen molar-refractivity contribution in [3.05, 3.63) is 59.9 Å². The SMILES string of the molecule is COc1ccc(F)cc1C(C)(C)CC(O)(CNc1cccc2nc(N(C)C(C)=O)ccc12)C(F)(F)F. The highest BCUT2D eigenvalue weighted by Gasteiger charge is 2.56. The molecule has 1 amide bonds. The van der Waals surface area contributed by atoms with Crippen LogP contribution < -0.4 is 15.0 Å². The van der Waals surface area contributed by atoms with E-state index in [0.29, 0.717) is 22.4 Å². The summed E-state index contributed by atoms with van der Waals surface area (Å²) >= 11 is 0. The summed E-state index contributed by atoms with van der Waals surface area (Å²) in [6.07, 6.45) is -5.75. The molecule has 36 heavy (non-hydrogen) atoms. The van der Waals surface area contributed by atoms with Gasteiger partial charge in [0, 0.05) is 30.6 Å². The van der Waals surface area contributed by atoms with E-state index in [4.69, 9.17) is 4.74 Å². The Morgan fingerprint density at radius 2 is 1.83 bits per heavy atom. The van der Waals surface area contributed by atoms with Gasteiger partial charge in [-0.3, -0.25) is 4.79 Å². The lowest BCUT2D eigenvalue weighted by molar-refractivity contribution is -0.260. The van der Waals surface area contributed by atoms with E-state index in [1.165, 1.54) is 38.8 Å². The van der Waals surface area contributed by atoms with Crippen molar-refractivity contribution in [1.82, 2.24) is 4.98 Å². The standard InChI is InChI=1S/C26H29F4N3O3/c1-16(34)33(4)23-12-10-18-20(7-6-8-21(18)32-23)31-15-25(35,26(28,29)30)14-24(2,3)19-13-17(27)9-11-22(19)36-5/h6-13,31,35H,14-15H2,1-5H3. The van der Waals surface area contributed by atoms with Crippen LogP contribution in [0, 0.1) is 5.82 Å². The number of rotatable bonds is 8. The molecule has 1 atom stereocenters. The molecule has 10 heteroatoms. The number of nitrogens with zero attached hydrogens (tertiary/aromatic N) is 2. The maximum absolute atomic E-state index is 14.2. The first-order valence-corrected chi connectivity index (χ1v) is 11.2. The molecular formula is C26H29F4N3O3. The van der Waals surface area contributed by atoms with Gasteiger partial charge in [-0.2, -0.15) is 13.2 Å². The van der Waals surface area contributed by atoms with Crippen molar-refractivity contribution >= 4 is 28.3 Å². The number of anilines is 2. The van der Waals surface area contributed by atoms with E-state index in [2.05, 4.69) is 10.3 Å². The van der Waals surface area contributed by atoms with Crippen LogP contribution in [0.3, 0.4) is 0 Å². The minimum atomic E-state index is -4.99. The number of aromatic nitrogens is 1. The predicted molar refractivity (Wildman–Crippen MR) is 131 cm³/mol. The number of aliphatic hydroxyl groups is 1. The van der Waals surface area contributed by atoms with Crippen LogP contribution in [0.2, 0.25) is 0 Å². The van der Waals surface area contributed by atoms with Gasteiger partial charge in [-0.25, -0.2) is 9.37 Å². The topological polar surface area (TPSA) is 74.7 Å². The Hall–Kier alpha value is -3.40. The Balaban J connectivity index is 1.93. The number of pyridine rings is 1. The van der Waals surface area contributed by atoms with Crippen LogP contribution in [0.15, 0.2) is 48.5 Å². The third-order valence-electron chi connectivity index (χ3n) is 6.26. The maximum Gasteiger partial charge on any atom is 0.418 e. The third-order valence-corrected chi connectivity index (χ3v) is 6.26. The van der Waals surface area contributed by atoms with Crippen molar-refractivity contribution in [2.45, 2.75) is 44.4 Å². The van der Waals surface area contributed by atoms with Crippen LogP contribution in [0.4, 0.5) is 29.1 Å². The van der Waals surface area contributed by atoms with Gasteiger partial charge < -0.3 is 20.1 Å². The monoisotopic (exact) mass is 507 g/mol. The van der Waals surface area contributed by atoms with Crippen molar-refractivity contribution < 1.29 is 32.2 Å². The first-order valence-electron chi connectivity index (χ1n) is 11.2. The molecule has 1 unspecified atom stereocenters. The van der Waals surface area contributed by atoms with Gasteiger partial charge in [0.1, 0.15) is 17.4 Å². The minimum absolute atomic E-state index is 0.212. The van der Waals surface area contributed by atoms with Gasteiger partial charge in [0.15, 0.2) is 5.60 Å². The van der Waals surface area contributed by atoms with Crippen molar-refractivity contribution in [2.24, 2.45) is 0 Å². The Morgan fingerprint density at radius 3 is 2.44 bits per heavy atom. The zero-order chi connectivity index (χ0) is 26.9. The van der Waals surface area contributed by atoms with Crippen LogP contribution in [0.25, 0.3) is 10.9 Å². The summed E-state index contributed by atoms with van der Waals surface area (Å²) in [5, 5.41) is 14.2. The van der Waals surface area contributed by atoms with Gasteiger partial charge in [-0.05, 0) is 54.3 Å². The fourth-order valence-electron chi connectivity index (χ4n) is 4.19. The number of carbonyl (C=O) groups is 1. The van der Waals surface area contributed by atoms with E-state index in [1.807, 2.05) is 0 Å². The molecule has 3 rings (SSSR count). The minimum Gasteiger partial charge on any atom is -0.496 e. The van der Waals surface area contributed by atoms with Crippen LogP contribution >= 0.6 is 0 Å². The molecule has 1 aromatic heterocycles. The van der Waals surface area contributed by atoms with Crippen molar-refractivity contribution in [1.29, 1.82) is 0 Å². The number of methoxy groups -OCH3 is 1. The third kappa shape index (κ3) is 5.53. The highest BCUT2D eigenvalue weighted by Crippen LogP contribution is 2.44. The molecule has 1 heterocycles. The molecule has 194 valence electrons. The highest BCUT2D eigenvalue weighted by molar-refractivity contribution is 5.95. The van der Waals surface area contributed by atoms with Crippen molar-refractivity contribution in [2.75, 3.05) is 30.9 Å². The Labute approximate surface area is 206 Å². The molecule has 0 fully saturated rings. The molecule has 0 aliphatic carbocycles. The average Bonchev–Trinajstić information content (AvgIpc) is 2.80. The molecule has 0 saturated carbocycles. The second kappa shape index (κ2) is 9.93. The van der Waals surface area contributed by atoms with E-state index >= 15 is 0 Å². The van der Waals surface area contributed by atoms with Crippen LogP contribution in [0.1, 0.15) is 32.8 Å². The summed E-state index contributed by atoms with van der Waals surface area (Å²) in [5.74, 6) is -0.218. The highest BCUT2D eigenvalue weighted by atomic mass is 19.4. The number of hydrogen-bond donors (Lipinski definition) is 2. The predicted octanol–water partition coefficient (Wildman–Crippen LogP) is 5.44. The maximum atomic E-state index is 14.2. The summed E-state index contributed by atoms with van der Waals surface area (Å²) in [5.41, 5.74) is -3.44. The molecule has 2 N–H and O–H groups in total. The van der Waals surface area contributed by atoms with E-state index in [0.717, 1.165) is 12.1 Å². The lowest BCUT2D eigenvalue weighted by Gasteiger charge is -2.38. The first-order chi connectivity index (χ1) is 16.7. The Kier molecular flexibility index (Phi) is 7.50. The van der Waals surface area contributed by atoms with Gasteiger partial charge >= 0.3 is 6.18 Å². The molecule has 0 bridgehead atoms. The Morgan fingerprint density at radius 1 is 1.14 bits per heavy atom. The molecule has 2 aromatic carbocycles. The molecule has 0 aliphatic heterocycles. The van der Waals surface area contributed by atoms with Gasteiger partial charge in [0.2, 0.25) is 5.91 Å². The van der Waals surface area contributed by atoms with Crippen LogP contribution in [-0.2, 0) is 10.2 Å². The van der Waals surface area contributed by atoms with Gasteiger partial charge in [-0.1, -0.05) is 19.9 Å². The molecule has 0 saturated heterocycles. The second-order valence-electron chi connectivity index (χ2n) is 9.41. The molecule has 0 radical (unpaired) electrons. The van der Waals surface area contributed by atoms with Crippen LogP contribution in [-0.4, -0.2) is 48.5 Å². The van der Waals surface area contributed by atoms with E-state index in [9.17, 15) is 27.5 Å². The number of nitrogens with one attached hydrogen (secondary N) is 1. The summed E-state index contributed by atoms with van der Waals surface area (Å²) < 4.78 is 61.8. The molecule has 3 aromatic rings. The zero-order valence-electron chi connectivity index (χ0n) is 20.7. The number of halogens is 4. The molecule has 0 aliphatic rings. The number of ether oxygens (including phenoxy) is 1. The summed E-state index contributed by atoms with van der Waals surface area (Å²) in [6, 6.07) is 11.7. The van der Waals surface area contributed by atoms with Crippen LogP contribution in [0.5, 0.6) is 5.75 Å². The van der Waals surface area contributed by atoms with E-state index in [1.54, 1.807) is 37.4 Å². The summed E-state index contributed by atoms with van der Waals surface area (Å²) in [6.45, 7) is 3.53. The molecule has 6 nitrogen and oxygen atoms in total. The number of hydrogen-bond acceptors (Lipinski definition) is 5. The fraction of sp³-hybridized carbons (Fsp3) is 0.385. The number of alkyl halides is 3. The lowest BCUT2D eigenvalue weighted by atomic mass is 9.74. The van der Waals surface area contributed by atoms with Crippen molar-refractivity contribution in [3.8, 4) is 5.75 Å². The smallest absolute Gasteiger partial charge is 0.418 e. The quantitative estimate of drug-likeness (QED) is 0.398. The number of fused-ring (bicyclic) bond motifs is 1. The largest absolute Gasteiger partial charge is 0.496 e. The fourth-order valence-corrected chi connectivity index (χ4v) is 4.19. The normalized spacial score (nSPS) is 13.8.